The molecule has 0 fully saturated rings. The summed E-state index contributed by atoms with van der Waals surface area (Å²) in [6, 6.07) is 8.27. The zero-order valence-electron chi connectivity index (χ0n) is 11.7. The van der Waals surface area contributed by atoms with Crippen molar-refractivity contribution >= 4 is 0 Å². The summed E-state index contributed by atoms with van der Waals surface area (Å²) in [5.74, 6) is 0.992. The standard InChI is InChI=1S/C15H26NO/c1-5-16(6-2,7-3)11-12-17-15-10-8-9-14(4)13-15/h8-10,13H,5-7,11-12H2,1-4H3/q+1. The predicted molar refractivity (Wildman–Crippen MR) is 73.4 cm³/mol. The highest BCUT2D eigenvalue weighted by atomic mass is 16.5. The third-order valence-corrected chi connectivity index (χ3v) is 3.84. The van der Waals surface area contributed by atoms with E-state index in [1.54, 1.807) is 0 Å². The Balaban J connectivity index is 2.46. The van der Waals surface area contributed by atoms with Crippen molar-refractivity contribution in [3.63, 3.8) is 0 Å². The van der Waals surface area contributed by atoms with Gasteiger partial charge in [-0.2, -0.15) is 0 Å². The van der Waals surface area contributed by atoms with Crippen LogP contribution in [0.5, 0.6) is 5.75 Å². The normalized spacial score (nSPS) is 11.5. The van der Waals surface area contributed by atoms with E-state index in [1.165, 1.54) is 25.2 Å². The molecular formula is C15H26NO+. The van der Waals surface area contributed by atoms with Crippen LogP contribution in [0.15, 0.2) is 24.3 Å². The van der Waals surface area contributed by atoms with Crippen molar-refractivity contribution in [1.29, 1.82) is 0 Å². The van der Waals surface area contributed by atoms with Crippen molar-refractivity contribution < 1.29 is 9.22 Å². The smallest absolute Gasteiger partial charge is 0.137 e. The van der Waals surface area contributed by atoms with E-state index in [4.69, 9.17) is 4.74 Å². The van der Waals surface area contributed by atoms with Crippen molar-refractivity contribution in [2.45, 2.75) is 27.7 Å². The number of quaternary nitrogens is 1. The second-order valence-corrected chi connectivity index (χ2v) is 4.68. The summed E-state index contributed by atoms with van der Waals surface area (Å²) >= 11 is 0. The summed E-state index contributed by atoms with van der Waals surface area (Å²) < 4.78 is 6.98. The van der Waals surface area contributed by atoms with Crippen LogP contribution in [0.1, 0.15) is 26.3 Å². The second-order valence-electron chi connectivity index (χ2n) is 4.68. The number of aryl methyl sites for hydroxylation is 1. The Kier molecular flexibility index (Phi) is 5.49. The first kappa shape index (κ1) is 14.0. The third kappa shape index (κ3) is 4.04. The molecule has 0 N–H and O–H groups in total. The van der Waals surface area contributed by atoms with Crippen LogP contribution in [0.2, 0.25) is 0 Å². The number of nitrogens with zero attached hydrogens (tertiary/aromatic N) is 1. The summed E-state index contributed by atoms with van der Waals surface area (Å²) in [4.78, 5) is 0. The zero-order valence-corrected chi connectivity index (χ0v) is 11.7. The summed E-state index contributed by atoms with van der Waals surface area (Å²) in [6.07, 6.45) is 0. The van der Waals surface area contributed by atoms with Crippen LogP contribution in [-0.4, -0.2) is 37.3 Å². The molecule has 0 saturated heterocycles. The van der Waals surface area contributed by atoms with Crippen LogP contribution in [-0.2, 0) is 0 Å². The molecule has 96 valence electrons. The molecule has 0 bridgehead atoms. The molecule has 0 aliphatic carbocycles. The maximum atomic E-state index is 5.83. The van der Waals surface area contributed by atoms with Gasteiger partial charge < -0.3 is 9.22 Å². The van der Waals surface area contributed by atoms with E-state index < -0.39 is 0 Å². The molecule has 2 nitrogen and oxygen atoms in total. The van der Waals surface area contributed by atoms with E-state index in [-0.39, 0.29) is 0 Å². The van der Waals surface area contributed by atoms with Gasteiger partial charge in [0.25, 0.3) is 0 Å². The van der Waals surface area contributed by atoms with Gasteiger partial charge >= 0.3 is 0 Å². The number of benzene rings is 1. The fourth-order valence-corrected chi connectivity index (χ4v) is 2.21. The van der Waals surface area contributed by atoms with Crippen molar-refractivity contribution in [3.8, 4) is 5.75 Å². The van der Waals surface area contributed by atoms with E-state index >= 15 is 0 Å². The maximum absolute atomic E-state index is 5.83. The van der Waals surface area contributed by atoms with Crippen LogP contribution >= 0.6 is 0 Å². The number of likely N-dealkylation sites (N-methyl/N-ethyl adjacent to an activating group) is 1. The molecular weight excluding hydrogens is 210 g/mol. The van der Waals surface area contributed by atoms with Gasteiger partial charge in [-0.3, -0.25) is 0 Å². The second kappa shape index (κ2) is 6.65. The molecule has 1 rings (SSSR count). The van der Waals surface area contributed by atoms with Crippen molar-refractivity contribution in [2.24, 2.45) is 0 Å². The van der Waals surface area contributed by atoms with E-state index in [1.807, 2.05) is 12.1 Å². The average molecular weight is 236 g/mol. The number of ether oxygens (including phenoxy) is 1. The van der Waals surface area contributed by atoms with Crippen LogP contribution in [0.25, 0.3) is 0 Å². The average Bonchev–Trinajstić information content (AvgIpc) is 2.35. The van der Waals surface area contributed by atoms with E-state index in [0.717, 1.165) is 23.4 Å². The Labute approximate surface area is 106 Å². The number of rotatable bonds is 7. The summed E-state index contributed by atoms with van der Waals surface area (Å²) in [7, 11) is 0. The first-order chi connectivity index (χ1) is 8.15. The lowest BCUT2D eigenvalue weighted by molar-refractivity contribution is -0.923. The molecule has 1 aromatic carbocycles. The van der Waals surface area contributed by atoms with Gasteiger partial charge in [0.2, 0.25) is 0 Å². The first-order valence-corrected chi connectivity index (χ1v) is 6.70. The highest BCUT2D eigenvalue weighted by Gasteiger charge is 2.20. The monoisotopic (exact) mass is 236 g/mol. The molecule has 0 atom stereocenters. The third-order valence-electron chi connectivity index (χ3n) is 3.84. The molecule has 0 aliphatic rings. The molecule has 0 aromatic heterocycles. The first-order valence-electron chi connectivity index (χ1n) is 6.70. The van der Waals surface area contributed by atoms with Crippen LogP contribution in [0, 0.1) is 6.92 Å². The zero-order chi connectivity index (χ0) is 12.7. The molecule has 0 heterocycles. The topological polar surface area (TPSA) is 9.23 Å². The SMILES string of the molecule is CC[N+](CC)(CC)CCOc1cccc(C)c1. The molecule has 0 saturated carbocycles. The summed E-state index contributed by atoms with van der Waals surface area (Å²) in [5.41, 5.74) is 1.25. The largest absolute Gasteiger partial charge is 0.488 e. The fourth-order valence-electron chi connectivity index (χ4n) is 2.21. The molecule has 1 aromatic rings. The quantitative estimate of drug-likeness (QED) is 0.660. The summed E-state index contributed by atoms with van der Waals surface area (Å²) in [6.45, 7) is 14.3. The van der Waals surface area contributed by atoms with Gasteiger partial charge in [0.05, 0.1) is 19.6 Å². The minimum Gasteiger partial charge on any atom is -0.488 e. The molecule has 2 heteroatoms. The van der Waals surface area contributed by atoms with Gasteiger partial charge in [-0.25, -0.2) is 0 Å². The molecule has 17 heavy (non-hydrogen) atoms. The van der Waals surface area contributed by atoms with Gasteiger partial charge in [0, 0.05) is 0 Å². The van der Waals surface area contributed by atoms with E-state index in [2.05, 4.69) is 39.8 Å². The van der Waals surface area contributed by atoms with E-state index in [0.29, 0.717) is 0 Å². The van der Waals surface area contributed by atoms with Gasteiger partial charge in [0.15, 0.2) is 0 Å². The Morgan fingerprint density at radius 1 is 1.06 bits per heavy atom. The minimum absolute atomic E-state index is 0.805. The molecule has 0 aliphatic heterocycles. The molecule has 0 amide bonds. The Morgan fingerprint density at radius 2 is 1.71 bits per heavy atom. The van der Waals surface area contributed by atoms with Gasteiger partial charge in [-0.05, 0) is 45.4 Å². The minimum atomic E-state index is 0.805. The molecule has 0 radical (unpaired) electrons. The summed E-state index contributed by atoms with van der Waals surface area (Å²) in [5, 5.41) is 0. The lowest BCUT2D eigenvalue weighted by atomic mass is 10.2. The lowest BCUT2D eigenvalue weighted by Gasteiger charge is -2.35. The van der Waals surface area contributed by atoms with Crippen LogP contribution in [0.4, 0.5) is 0 Å². The van der Waals surface area contributed by atoms with Crippen molar-refractivity contribution in [1.82, 2.24) is 0 Å². The van der Waals surface area contributed by atoms with E-state index in [9.17, 15) is 0 Å². The van der Waals surface area contributed by atoms with Gasteiger partial charge in [-0.1, -0.05) is 12.1 Å². The lowest BCUT2D eigenvalue weighted by Crippen LogP contribution is -2.49. The fraction of sp³-hybridized carbons (Fsp3) is 0.600. The molecule has 0 unspecified atom stereocenters. The van der Waals surface area contributed by atoms with Gasteiger partial charge in [-0.15, -0.1) is 0 Å². The highest BCUT2D eigenvalue weighted by molar-refractivity contribution is 5.27. The van der Waals surface area contributed by atoms with Gasteiger partial charge in [0.1, 0.15) is 18.9 Å². The molecule has 0 spiro atoms. The Morgan fingerprint density at radius 3 is 2.24 bits per heavy atom. The number of hydrogen-bond donors (Lipinski definition) is 0. The van der Waals surface area contributed by atoms with Crippen molar-refractivity contribution in [2.75, 3.05) is 32.8 Å². The Bertz CT molecular complexity index is 323. The van der Waals surface area contributed by atoms with Crippen molar-refractivity contribution in [3.05, 3.63) is 29.8 Å². The maximum Gasteiger partial charge on any atom is 0.137 e. The highest BCUT2D eigenvalue weighted by Crippen LogP contribution is 2.13. The van der Waals surface area contributed by atoms with Crippen LogP contribution in [0.3, 0.4) is 0 Å². The Hall–Kier alpha value is -1.02. The van der Waals surface area contributed by atoms with Crippen LogP contribution < -0.4 is 4.74 Å². The predicted octanol–water partition coefficient (Wildman–Crippen LogP) is 3.25. The number of hydrogen-bond acceptors (Lipinski definition) is 1.